The zero-order chi connectivity index (χ0) is 12.6. The summed E-state index contributed by atoms with van der Waals surface area (Å²) in [6, 6.07) is 3.60. The second-order valence-corrected chi connectivity index (χ2v) is 4.91. The number of carbonyl (C=O) groups excluding carboxylic acids is 1. The molecule has 1 aliphatic rings. The standard InChI is InChI=1S/C14H22N2O2.ClH/c17-14(13-6-2-8-16-13)11-18-9-3-5-12-4-1-7-15-10-12;/h2,6,8,12,15-16H,1,3-5,7,9-11H2;1H. The molecule has 2 heterocycles. The van der Waals surface area contributed by atoms with E-state index in [1.165, 1.54) is 19.3 Å². The number of carbonyl (C=O) groups is 1. The fraction of sp³-hybridized carbons (Fsp3) is 0.643. The molecule has 0 aromatic carbocycles. The molecule has 2 N–H and O–H groups in total. The van der Waals surface area contributed by atoms with Gasteiger partial charge in [0.1, 0.15) is 6.61 Å². The van der Waals surface area contributed by atoms with Crippen LogP contribution in [-0.2, 0) is 4.74 Å². The van der Waals surface area contributed by atoms with Crippen molar-refractivity contribution in [3.63, 3.8) is 0 Å². The van der Waals surface area contributed by atoms with Gasteiger partial charge in [-0.15, -0.1) is 12.4 Å². The highest BCUT2D eigenvalue weighted by molar-refractivity contribution is 5.95. The van der Waals surface area contributed by atoms with Gasteiger partial charge in [-0.25, -0.2) is 0 Å². The average molecular weight is 287 g/mol. The van der Waals surface area contributed by atoms with E-state index < -0.39 is 0 Å². The SMILES string of the molecule is Cl.O=C(COCCCC1CCCNC1)c1ccc[nH]1. The van der Waals surface area contributed by atoms with Gasteiger partial charge in [-0.1, -0.05) is 0 Å². The van der Waals surface area contributed by atoms with Crippen molar-refractivity contribution in [1.29, 1.82) is 0 Å². The Morgan fingerprint density at radius 1 is 1.47 bits per heavy atom. The largest absolute Gasteiger partial charge is 0.373 e. The molecule has 2 rings (SSSR count). The first-order valence-electron chi connectivity index (χ1n) is 6.81. The molecular weight excluding hydrogens is 264 g/mol. The van der Waals surface area contributed by atoms with E-state index in [0.717, 1.165) is 25.4 Å². The maximum atomic E-state index is 11.6. The number of nitrogens with one attached hydrogen (secondary N) is 2. The van der Waals surface area contributed by atoms with E-state index in [2.05, 4.69) is 10.3 Å². The lowest BCUT2D eigenvalue weighted by Crippen LogP contribution is -2.29. The van der Waals surface area contributed by atoms with Crippen molar-refractivity contribution in [2.45, 2.75) is 25.7 Å². The van der Waals surface area contributed by atoms with Crippen LogP contribution in [0, 0.1) is 5.92 Å². The summed E-state index contributed by atoms with van der Waals surface area (Å²) in [5.74, 6) is 0.820. The molecule has 108 valence electrons. The smallest absolute Gasteiger partial charge is 0.204 e. The van der Waals surface area contributed by atoms with Crippen LogP contribution in [0.4, 0.5) is 0 Å². The number of aromatic nitrogens is 1. The Bertz CT molecular complexity index is 348. The highest BCUT2D eigenvalue weighted by atomic mass is 35.5. The third kappa shape index (κ3) is 5.76. The maximum absolute atomic E-state index is 11.6. The minimum atomic E-state index is 0. The number of Topliss-reactive ketones (excluding diaryl/α,β-unsaturated/α-hetero) is 1. The third-order valence-electron chi connectivity index (χ3n) is 3.43. The van der Waals surface area contributed by atoms with Crippen LogP contribution in [0.5, 0.6) is 0 Å². The number of ketones is 1. The first-order valence-corrected chi connectivity index (χ1v) is 6.81. The molecule has 1 saturated heterocycles. The lowest BCUT2D eigenvalue weighted by Gasteiger charge is -2.22. The topological polar surface area (TPSA) is 54.1 Å². The molecule has 1 aromatic heterocycles. The molecule has 0 amide bonds. The van der Waals surface area contributed by atoms with Gasteiger partial charge < -0.3 is 15.0 Å². The van der Waals surface area contributed by atoms with E-state index in [1.54, 1.807) is 12.3 Å². The lowest BCUT2D eigenvalue weighted by molar-refractivity contribution is 0.0741. The number of aromatic amines is 1. The first kappa shape index (κ1) is 16.2. The van der Waals surface area contributed by atoms with Crippen molar-refractivity contribution in [1.82, 2.24) is 10.3 Å². The Morgan fingerprint density at radius 3 is 3.05 bits per heavy atom. The molecule has 1 unspecified atom stereocenters. The monoisotopic (exact) mass is 286 g/mol. The second kappa shape index (κ2) is 9.13. The predicted octanol–water partition coefficient (Wildman–Crippen LogP) is 2.42. The van der Waals surface area contributed by atoms with Gasteiger partial charge in [0, 0.05) is 12.8 Å². The van der Waals surface area contributed by atoms with Crippen LogP contribution in [0.15, 0.2) is 18.3 Å². The summed E-state index contributed by atoms with van der Waals surface area (Å²) in [6.07, 6.45) is 6.61. The molecule has 0 aliphatic carbocycles. The highest BCUT2D eigenvalue weighted by Crippen LogP contribution is 2.15. The van der Waals surface area contributed by atoms with Crippen molar-refractivity contribution in [3.05, 3.63) is 24.0 Å². The van der Waals surface area contributed by atoms with Crippen molar-refractivity contribution in [2.24, 2.45) is 5.92 Å². The Labute approximate surface area is 120 Å². The molecule has 0 spiro atoms. The number of H-pyrrole nitrogens is 1. The van der Waals surface area contributed by atoms with Gasteiger partial charge in [0.05, 0.1) is 5.69 Å². The van der Waals surface area contributed by atoms with Crippen molar-refractivity contribution >= 4 is 18.2 Å². The molecule has 0 radical (unpaired) electrons. The van der Waals surface area contributed by atoms with Gasteiger partial charge in [-0.05, 0) is 56.8 Å². The van der Waals surface area contributed by atoms with Crippen LogP contribution in [0.25, 0.3) is 0 Å². The molecule has 1 atom stereocenters. The average Bonchev–Trinajstić information content (AvgIpc) is 2.93. The van der Waals surface area contributed by atoms with Crippen LogP contribution in [0.1, 0.15) is 36.2 Å². The molecule has 1 aliphatic heterocycles. The molecule has 4 nitrogen and oxygen atoms in total. The normalized spacial score (nSPS) is 18.8. The van der Waals surface area contributed by atoms with E-state index in [4.69, 9.17) is 4.74 Å². The molecule has 1 aromatic rings. The lowest BCUT2D eigenvalue weighted by atomic mass is 9.95. The number of ether oxygens (including phenoxy) is 1. The van der Waals surface area contributed by atoms with E-state index in [9.17, 15) is 4.79 Å². The quantitative estimate of drug-likeness (QED) is 0.598. The molecule has 5 heteroatoms. The van der Waals surface area contributed by atoms with E-state index in [-0.39, 0.29) is 24.8 Å². The molecule has 1 fully saturated rings. The summed E-state index contributed by atoms with van der Waals surface area (Å²) in [4.78, 5) is 14.5. The minimum absolute atomic E-state index is 0. The molecule has 0 bridgehead atoms. The number of hydrogen-bond acceptors (Lipinski definition) is 3. The Kier molecular flexibility index (Phi) is 7.79. The Balaban J connectivity index is 0.00000180. The molecular formula is C14H23ClN2O2. The summed E-state index contributed by atoms with van der Waals surface area (Å²) in [7, 11) is 0. The maximum Gasteiger partial charge on any atom is 0.204 e. The van der Waals surface area contributed by atoms with Crippen molar-refractivity contribution in [3.8, 4) is 0 Å². The van der Waals surface area contributed by atoms with Crippen LogP contribution >= 0.6 is 12.4 Å². The van der Waals surface area contributed by atoms with E-state index >= 15 is 0 Å². The van der Waals surface area contributed by atoms with Crippen molar-refractivity contribution in [2.75, 3.05) is 26.3 Å². The number of rotatable bonds is 7. The van der Waals surface area contributed by atoms with Gasteiger partial charge in [-0.2, -0.15) is 0 Å². The summed E-state index contributed by atoms with van der Waals surface area (Å²) >= 11 is 0. The van der Waals surface area contributed by atoms with Crippen LogP contribution in [-0.4, -0.2) is 37.1 Å². The summed E-state index contributed by atoms with van der Waals surface area (Å²) in [5.41, 5.74) is 0.631. The number of piperidine rings is 1. The van der Waals surface area contributed by atoms with Crippen LogP contribution < -0.4 is 5.32 Å². The van der Waals surface area contributed by atoms with Crippen molar-refractivity contribution < 1.29 is 9.53 Å². The zero-order valence-electron chi connectivity index (χ0n) is 11.2. The van der Waals surface area contributed by atoms with Gasteiger partial charge in [0.2, 0.25) is 5.78 Å². The molecule has 0 saturated carbocycles. The Hall–Kier alpha value is -0.840. The van der Waals surface area contributed by atoms with Gasteiger partial charge in [0.15, 0.2) is 0 Å². The first-order chi connectivity index (χ1) is 8.86. The van der Waals surface area contributed by atoms with E-state index in [1.807, 2.05) is 6.07 Å². The fourth-order valence-corrected chi connectivity index (χ4v) is 2.39. The van der Waals surface area contributed by atoms with Gasteiger partial charge >= 0.3 is 0 Å². The predicted molar refractivity (Wildman–Crippen MR) is 78.0 cm³/mol. The number of halogens is 1. The van der Waals surface area contributed by atoms with Crippen LogP contribution in [0.3, 0.4) is 0 Å². The third-order valence-corrected chi connectivity index (χ3v) is 3.43. The Morgan fingerprint density at radius 2 is 2.37 bits per heavy atom. The summed E-state index contributed by atoms with van der Waals surface area (Å²) in [5, 5.41) is 3.41. The van der Waals surface area contributed by atoms with Gasteiger partial charge in [0.25, 0.3) is 0 Å². The van der Waals surface area contributed by atoms with Crippen LogP contribution in [0.2, 0.25) is 0 Å². The van der Waals surface area contributed by atoms with E-state index in [0.29, 0.717) is 12.3 Å². The zero-order valence-corrected chi connectivity index (χ0v) is 12.0. The summed E-state index contributed by atoms with van der Waals surface area (Å²) in [6.45, 7) is 3.17. The van der Waals surface area contributed by atoms with Gasteiger partial charge in [-0.3, -0.25) is 4.79 Å². The minimum Gasteiger partial charge on any atom is -0.373 e. The summed E-state index contributed by atoms with van der Waals surface area (Å²) < 4.78 is 5.42. The highest BCUT2D eigenvalue weighted by Gasteiger charge is 2.12. The fourth-order valence-electron chi connectivity index (χ4n) is 2.39. The second-order valence-electron chi connectivity index (χ2n) is 4.91. The number of hydrogen-bond donors (Lipinski definition) is 2. The molecule has 19 heavy (non-hydrogen) atoms.